The van der Waals surface area contributed by atoms with Crippen molar-refractivity contribution >= 4 is 45.2 Å². The smallest absolute Gasteiger partial charge is 0.328 e. The molecule has 2 N–H and O–H groups in total. The number of aromatic nitrogens is 2. The van der Waals surface area contributed by atoms with Gasteiger partial charge in [-0.3, -0.25) is 9.59 Å². The van der Waals surface area contributed by atoms with Crippen LogP contribution < -0.4 is 10.9 Å². The van der Waals surface area contributed by atoms with Crippen LogP contribution >= 0.6 is 23.1 Å². The molecule has 29 heavy (non-hydrogen) atoms. The number of hydrogen-bond acceptors (Lipinski definition) is 7. The molecule has 2 atom stereocenters. The number of nitrogens with zero attached hydrogens (tertiary/aromatic N) is 1. The number of carbonyl (C=O) groups is 2. The second kappa shape index (κ2) is 9.75. The van der Waals surface area contributed by atoms with Crippen LogP contribution in [0, 0.1) is 5.92 Å². The average Bonchev–Trinajstić information content (AvgIpc) is 3.26. The Morgan fingerprint density at radius 3 is 2.86 bits per heavy atom. The maximum Gasteiger partial charge on any atom is 0.328 e. The molecular formula is C20H27N3O4S2. The maximum absolute atomic E-state index is 12.5. The predicted octanol–water partition coefficient (Wildman–Crippen LogP) is 2.80. The van der Waals surface area contributed by atoms with Crippen LogP contribution in [0.2, 0.25) is 0 Å². The summed E-state index contributed by atoms with van der Waals surface area (Å²) < 4.78 is 5.07. The lowest BCUT2D eigenvalue weighted by Gasteiger charge is -2.22. The minimum absolute atomic E-state index is 0.00999. The number of hydrogen-bond donors (Lipinski definition) is 2. The number of nitrogens with one attached hydrogen (secondary N) is 2. The van der Waals surface area contributed by atoms with Gasteiger partial charge in [-0.15, -0.1) is 23.1 Å². The van der Waals surface area contributed by atoms with Gasteiger partial charge in [0.2, 0.25) is 5.91 Å². The van der Waals surface area contributed by atoms with Gasteiger partial charge in [-0.25, -0.2) is 9.78 Å². The molecule has 2 heterocycles. The number of thioether (sulfide) groups is 1. The summed E-state index contributed by atoms with van der Waals surface area (Å²) in [5.74, 6) is 0.534. The Hall–Kier alpha value is -1.87. The lowest BCUT2D eigenvalue weighted by atomic mass is 9.99. The monoisotopic (exact) mass is 437 g/mol. The van der Waals surface area contributed by atoms with Crippen molar-refractivity contribution in [1.82, 2.24) is 15.3 Å². The fourth-order valence-electron chi connectivity index (χ4n) is 3.47. The normalized spacial score (nSPS) is 15.1. The highest BCUT2D eigenvalue weighted by Crippen LogP contribution is 2.34. The zero-order chi connectivity index (χ0) is 21.0. The summed E-state index contributed by atoms with van der Waals surface area (Å²) in [7, 11) is 0. The number of carbonyl (C=O) groups excluding carboxylic acids is 2. The Labute approximate surface area is 178 Å². The Balaban J connectivity index is 1.58. The maximum atomic E-state index is 12.5. The molecule has 0 aromatic carbocycles. The zero-order valence-electron chi connectivity index (χ0n) is 17.0. The lowest BCUT2D eigenvalue weighted by molar-refractivity contribution is -0.148. The third-order valence-corrected chi connectivity index (χ3v) is 7.30. The molecular weight excluding hydrogens is 410 g/mol. The Kier molecular flexibility index (Phi) is 7.34. The third kappa shape index (κ3) is 5.01. The van der Waals surface area contributed by atoms with E-state index in [0.717, 1.165) is 41.5 Å². The van der Waals surface area contributed by atoms with Crippen molar-refractivity contribution in [2.24, 2.45) is 5.92 Å². The molecule has 2 aromatic rings. The van der Waals surface area contributed by atoms with Gasteiger partial charge < -0.3 is 15.0 Å². The van der Waals surface area contributed by atoms with Gasteiger partial charge in [-0.05, 0) is 37.7 Å². The molecule has 9 heteroatoms. The van der Waals surface area contributed by atoms with E-state index in [1.807, 2.05) is 13.8 Å². The van der Waals surface area contributed by atoms with E-state index in [1.165, 1.54) is 16.6 Å². The van der Waals surface area contributed by atoms with Crippen molar-refractivity contribution in [3.05, 3.63) is 26.6 Å². The van der Waals surface area contributed by atoms with Gasteiger partial charge >= 0.3 is 5.97 Å². The van der Waals surface area contributed by atoms with Crippen LogP contribution in [0.4, 0.5) is 0 Å². The number of ether oxygens (including phenoxy) is 1. The minimum Gasteiger partial charge on any atom is -0.464 e. The fourth-order valence-corrected chi connectivity index (χ4v) is 5.45. The molecule has 0 radical (unpaired) electrons. The number of amides is 1. The molecule has 1 aliphatic rings. The van der Waals surface area contributed by atoms with Gasteiger partial charge in [0.05, 0.1) is 23.5 Å². The van der Waals surface area contributed by atoms with E-state index in [2.05, 4.69) is 15.3 Å². The second-order valence-electron chi connectivity index (χ2n) is 7.23. The first-order valence-electron chi connectivity index (χ1n) is 10.0. The number of rotatable bonds is 9. The fraction of sp³-hybridized carbons (Fsp3) is 0.600. The summed E-state index contributed by atoms with van der Waals surface area (Å²) >= 11 is 2.96. The summed E-state index contributed by atoms with van der Waals surface area (Å²) in [5, 5.41) is 3.52. The van der Waals surface area contributed by atoms with Gasteiger partial charge in [0.25, 0.3) is 5.56 Å². The molecule has 0 saturated carbocycles. The quantitative estimate of drug-likeness (QED) is 0.585. The highest BCUT2D eigenvalue weighted by Gasteiger charge is 2.27. The minimum atomic E-state index is -0.643. The van der Waals surface area contributed by atoms with Crippen molar-refractivity contribution in [2.45, 2.75) is 58.2 Å². The molecule has 1 amide bonds. The van der Waals surface area contributed by atoms with E-state index in [0.29, 0.717) is 11.6 Å². The standard InChI is InChI=1S/C20H27N3O4S2/c1-4-11(3)17(20(26)27-5-2)23-15(24)10-28-9-14-21-18(25)16-12-7-6-8-13(12)29-19(16)22-14/h11,17H,4-10H2,1-3H3,(H,23,24)(H,21,22,25)/t11-,17-/m1/s1. The molecule has 1 aliphatic carbocycles. The van der Waals surface area contributed by atoms with Gasteiger partial charge in [0, 0.05) is 4.88 Å². The lowest BCUT2D eigenvalue weighted by Crippen LogP contribution is -2.46. The number of aryl methyl sites for hydroxylation is 2. The summed E-state index contributed by atoms with van der Waals surface area (Å²) in [6, 6.07) is -0.643. The van der Waals surface area contributed by atoms with Crippen molar-refractivity contribution in [2.75, 3.05) is 12.4 Å². The molecule has 7 nitrogen and oxygen atoms in total. The van der Waals surface area contributed by atoms with E-state index in [-0.39, 0.29) is 29.7 Å². The van der Waals surface area contributed by atoms with Crippen molar-refractivity contribution < 1.29 is 14.3 Å². The highest BCUT2D eigenvalue weighted by atomic mass is 32.2. The van der Waals surface area contributed by atoms with E-state index in [1.54, 1.807) is 18.3 Å². The summed E-state index contributed by atoms with van der Waals surface area (Å²) in [5.41, 5.74) is 1.07. The second-order valence-corrected chi connectivity index (χ2v) is 9.29. The first-order valence-corrected chi connectivity index (χ1v) is 12.0. The van der Waals surface area contributed by atoms with E-state index in [4.69, 9.17) is 4.74 Å². The molecule has 158 valence electrons. The summed E-state index contributed by atoms with van der Waals surface area (Å²) in [6.45, 7) is 5.91. The predicted molar refractivity (Wildman–Crippen MR) is 116 cm³/mol. The Morgan fingerprint density at radius 1 is 1.34 bits per heavy atom. The van der Waals surface area contributed by atoms with Crippen molar-refractivity contribution in [1.29, 1.82) is 0 Å². The number of H-pyrrole nitrogens is 1. The molecule has 0 saturated heterocycles. The molecule has 0 spiro atoms. The van der Waals surface area contributed by atoms with Crippen LogP contribution in [0.5, 0.6) is 0 Å². The summed E-state index contributed by atoms with van der Waals surface area (Å²) in [4.78, 5) is 46.4. The van der Waals surface area contributed by atoms with Gasteiger partial charge in [-0.2, -0.15) is 0 Å². The molecule has 0 unspecified atom stereocenters. The SMILES string of the molecule is CCOC(=O)[C@H](NC(=O)CSCc1nc2sc3c(c2c(=O)[nH]1)CCC3)[C@H](C)CC. The Morgan fingerprint density at radius 2 is 2.14 bits per heavy atom. The van der Waals surface area contributed by atoms with Gasteiger partial charge in [0.15, 0.2) is 0 Å². The summed E-state index contributed by atoms with van der Waals surface area (Å²) in [6.07, 6.45) is 3.84. The molecule has 0 aliphatic heterocycles. The number of aromatic amines is 1. The van der Waals surface area contributed by atoms with Crippen LogP contribution in [-0.2, 0) is 32.9 Å². The van der Waals surface area contributed by atoms with E-state index < -0.39 is 12.0 Å². The van der Waals surface area contributed by atoms with Crippen molar-refractivity contribution in [3.8, 4) is 0 Å². The topological polar surface area (TPSA) is 101 Å². The number of esters is 1. The van der Waals surface area contributed by atoms with Crippen molar-refractivity contribution in [3.63, 3.8) is 0 Å². The molecule has 0 fully saturated rings. The number of fused-ring (bicyclic) bond motifs is 3. The molecule has 0 bridgehead atoms. The largest absolute Gasteiger partial charge is 0.464 e. The van der Waals surface area contributed by atoms with Gasteiger partial charge in [-0.1, -0.05) is 20.3 Å². The first-order chi connectivity index (χ1) is 13.9. The van der Waals surface area contributed by atoms with Crippen LogP contribution in [0.15, 0.2) is 4.79 Å². The zero-order valence-corrected chi connectivity index (χ0v) is 18.6. The van der Waals surface area contributed by atoms with Crippen LogP contribution in [0.3, 0.4) is 0 Å². The third-order valence-electron chi connectivity index (χ3n) is 5.17. The Bertz CT molecular complexity index is 953. The van der Waals surface area contributed by atoms with E-state index in [9.17, 15) is 14.4 Å². The number of thiophene rings is 1. The van der Waals surface area contributed by atoms with Crippen LogP contribution in [0.25, 0.3) is 10.2 Å². The highest BCUT2D eigenvalue weighted by molar-refractivity contribution is 7.99. The molecule has 2 aromatic heterocycles. The average molecular weight is 438 g/mol. The first kappa shape index (κ1) is 21.8. The van der Waals surface area contributed by atoms with E-state index >= 15 is 0 Å². The van der Waals surface area contributed by atoms with Crippen LogP contribution in [0.1, 0.15) is 49.9 Å². The van der Waals surface area contributed by atoms with Crippen LogP contribution in [-0.4, -0.2) is 40.2 Å². The molecule has 3 rings (SSSR count). The van der Waals surface area contributed by atoms with Gasteiger partial charge in [0.1, 0.15) is 16.7 Å².